The van der Waals surface area contributed by atoms with Crippen molar-refractivity contribution in [1.29, 1.82) is 5.26 Å². The van der Waals surface area contributed by atoms with E-state index in [-0.39, 0.29) is 10.8 Å². The molecule has 0 bridgehead atoms. The van der Waals surface area contributed by atoms with E-state index in [0.29, 0.717) is 0 Å². The number of hydrogen-bond acceptors (Lipinski definition) is 3. The Morgan fingerprint density at radius 1 is 1.19 bits per heavy atom. The van der Waals surface area contributed by atoms with E-state index in [2.05, 4.69) is 10.8 Å². The zero-order valence-electron chi connectivity index (χ0n) is 12.6. The van der Waals surface area contributed by atoms with Crippen molar-refractivity contribution in [2.24, 2.45) is 5.92 Å². The van der Waals surface area contributed by atoms with Gasteiger partial charge < -0.3 is 0 Å². The third-order valence-electron chi connectivity index (χ3n) is 4.33. The number of aryl methyl sites for hydroxylation is 1. The van der Waals surface area contributed by atoms with E-state index in [0.717, 1.165) is 31.2 Å². The van der Waals surface area contributed by atoms with Crippen LogP contribution in [0, 0.1) is 24.2 Å². The van der Waals surface area contributed by atoms with Crippen LogP contribution in [0.1, 0.15) is 44.6 Å². The zero-order valence-corrected chi connectivity index (χ0v) is 13.4. The summed E-state index contributed by atoms with van der Waals surface area (Å²) in [5.41, 5.74) is -0.0336. The predicted molar refractivity (Wildman–Crippen MR) is 82.1 cm³/mol. The minimum Gasteiger partial charge on any atom is -0.207 e. The second-order valence-electron chi connectivity index (χ2n) is 6.07. The van der Waals surface area contributed by atoms with Gasteiger partial charge in [-0.25, -0.2) is 8.42 Å². The lowest BCUT2D eigenvalue weighted by Crippen LogP contribution is -2.50. The fourth-order valence-corrected chi connectivity index (χ4v) is 4.32. The highest BCUT2D eigenvalue weighted by molar-refractivity contribution is 7.89. The average molecular weight is 306 g/mol. The van der Waals surface area contributed by atoms with Crippen LogP contribution in [0.5, 0.6) is 0 Å². The van der Waals surface area contributed by atoms with Crippen molar-refractivity contribution in [3.63, 3.8) is 0 Å². The summed E-state index contributed by atoms with van der Waals surface area (Å²) in [5, 5.41) is 9.51. The lowest BCUT2D eigenvalue weighted by Gasteiger charge is -2.34. The molecule has 0 unspecified atom stereocenters. The lowest BCUT2D eigenvalue weighted by molar-refractivity contribution is 0.253. The summed E-state index contributed by atoms with van der Waals surface area (Å²) in [4.78, 5) is 0.213. The van der Waals surface area contributed by atoms with Gasteiger partial charge in [0.1, 0.15) is 5.54 Å². The molecule has 1 aliphatic carbocycles. The Balaban J connectivity index is 2.24. The molecule has 1 aliphatic rings. The van der Waals surface area contributed by atoms with Crippen LogP contribution in [-0.2, 0) is 10.0 Å². The van der Waals surface area contributed by atoms with Crippen LogP contribution in [0.15, 0.2) is 29.2 Å². The summed E-state index contributed by atoms with van der Waals surface area (Å²) in [6, 6.07) is 8.88. The van der Waals surface area contributed by atoms with Crippen molar-refractivity contribution < 1.29 is 8.42 Å². The quantitative estimate of drug-likeness (QED) is 0.929. The fraction of sp³-hybridized carbons (Fsp3) is 0.562. The Bertz CT molecular complexity index is 625. The molecule has 1 fully saturated rings. The van der Waals surface area contributed by atoms with Crippen molar-refractivity contribution in [2.45, 2.75) is 56.4 Å². The van der Waals surface area contributed by atoms with Gasteiger partial charge in [0.05, 0.1) is 11.0 Å². The molecule has 0 aromatic heterocycles. The van der Waals surface area contributed by atoms with Gasteiger partial charge in [-0.3, -0.25) is 0 Å². The summed E-state index contributed by atoms with van der Waals surface area (Å²) >= 11 is 0. The number of sulfonamides is 1. The van der Waals surface area contributed by atoms with Crippen molar-refractivity contribution in [3.05, 3.63) is 29.8 Å². The molecule has 1 atom stereocenters. The smallest absolute Gasteiger partial charge is 0.207 e. The standard InChI is InChI=1S/C16H22N2O2S/c1-13-8-10-15(11-9-13)21(19,20)18-16(2,12-17)14-6-4-3-5-7-14/h8-11,14,18H,3-7H2,1-2H3/t16-/m0/s1. The Labute approximate surface area is 127 Å². The molecule has 4 nitrogen and oxygen atoms in total. The second-order valence-corrected chi connectivity index (χ2v) is 7.75. The molecule has 0 aliphatic heterocycles. The molecule has 0 radical (unpaired) electrons. The zero-order chi connectivity index (χ0) is 15.5. The number of nitriles is 1. The van der Waals surface area contributed by atoms with Crippen LogP contribution >= 0.6 is 0 Å². The third kappa shape index (κ3) is 3.63. The Morgan fingerprint density at radius 3 is 2.29 bits per heavy atom. The van der Waals surface area contributed by atoms with Crippen LogP contribution in [-0.4, -0.2) is 14.0 Å². The first-order valence-corrected chi connectivity index (χ1v) is 8.87. The highest BCUT2D eigenvalue weighted by Crippen LogP contribution is 2.33. The van der Waals surface area contributed by atoms with E-state index >= 15 is 0 Å². The number of rotatable bonds is 4. The Kier molecular flexibility index (Phi) is 4.70. The molecule has 0 amide bonds. The van der Waals surface area contributed by atoms with E-state index in [1.165, 1.54) is 6.42 Å². The van der Waals surface area contributed by atoms with Gasteiger partial charge in [-0.15, -0.1) is 0 Å². The lowest BCUT2D eigenvalue weighted by atomic mass is 9.77. The van der Waals surface area contributed by atoms with E-state index in [4.69, 9.17) is 0 Å². The molecule has 21 heavy (non-hydrogen) atoms. The minimum absolute atomic E-state index is 0.0801. The van der Waals surface area contributed by atoms with E-state index in [1.807, 2.05) is 6.92 Å². The second kappa shape index (κ2) is 6.17. The molecular formula is C16H22N2O2S. The molecular weight excluding hydrogens is 284 g/mol. The van der Waals surface area contributed by atoms with Crippen LogP contribution in [0.3, 0.4) is 0 Å². The van der Waals surface area contributed by atoms with Crippen molar-refractivity contribution >= 4 is 10.0 Å². The van der Waals surface area contributed by atoms with Gasteiger partial charge in [0.15, 0.2) is 0 Å². The van der Waals surface area contributed by atoms with Gasteiger partial charge in [-0.1, -0.05) is 37.0 Å². The van der Waals surface area contributed by atoms with Gasteiger partial charge in [0, 0.05) is 0 Å². The largest absolute Gasteiger partial charge is 0.241 e. The van der Waals surface area contributed by atoms with Crippen LogP contribution in [0.4, 0.5) is 0 Å². The average Bonchev–Trinajstić information content (AvgIpc) is 2.48. The number of hydrogen-bond donors (Lipinski definition) is 1. The first-order chi connectivity index (χ1) is 9.87. The molecule has 0 spiro atoms. The number of nitrogens with zero attached hydrogens (tertiary/aromatic N) is 1. The third-order valence-corrected chi connectivity index (χ3v) is 5.92. The highest BCUT2D eigenvalue weighted by atomic mass is 32.2. The molecule has 1 aromatic rings. The molecule has 1 saturated carbocycles. The Morgan fingerprint density at radius 2 is 1.76 bits per heavy atom. The van der Waals surface area contributed by atoms with Gasteiger partial charge in [0.2, 0.25) is 10.0 Å². The summed E-state index contributed by atoms with van der Waals surface area (Å²) in [6.07, 6.45) is 5.10. The van der Waals surface area contributed by atoms with E-state index < -0.39 is 15.6 Å². The first-order valence-electron chi connectivity index (χ1n) is 7.39. The molecule has 2 rings (SSSR count). The predicted octanol–water partition coefficient (Wildman–Crippen LogP) is 3.14. The maximum Gasteiger partial charge on any atom is 0.241 e. The van der Waals surface area contributed by atoms with Crippen LogP contribution in [0.25, 0.3) is 0 Å². The van der Waals surface area contributed by atoms with E-state index in [1.54, 1.807) is 31.2 Å². The molecule has 0 saturated heterocycles. The van der Waals surface area contributed by atoms with E-state index in [9.17, 15) is 13.7 Å². The summed E-state index contributed by atoms with van der Waals surface area (Å²) < 4.78 is 27.6. The van der Waals surface area contributed by atoms with Crippen molar-refractivity contribution in [3.8, 4) is 6.07 Å². The first kappa shape index (κ1) is 16.0. The molecule has 0 heterocycles. The SMILES string of the molecule is Cc1ccc(S(=O)(=O)N[C@@](C)(C#N)C2CCCCC2)cc1. The molecule has 5 heteroatoms. The molecule has 1 N–H and O–H groups in total. The summed E-state index contributed by atoms with van der Waals surface area (Å²) in [6.45, 7) is 3.61. The van der Waals surface area contributed by atoms with Crippen molar-refractivity contribution in [2.75, 3.05) is 0 Å². The topological polar surface area (TPSA) is 70.0 Å². The molecule has 114 valence electrons. The van der Waals surface area contributed by atoms with Gasteiger partial charge in [0.25, 0.3) is 0 Å². The normalized spacial score (nSPS) is 19.7. The summed E-state index contributed by atoms with van der Waals surface area (Å²) in [7, 11) is -3.67. The summed E-state index contributed by atoms with van der Waals surface area (Å²) in [5.74, 6) is 0.0801. The number of benzene rings is 1. The number of nitrogens with one attached hydrogen (secondary N) is 1. The van der Waals surface area contributed by atoms with Gasteiger partial charge in [-0.05, 0) is 44.7 Å². The maximum absolute atomic E-state index is 12.5. The van der Waals surface area contributed by atoms with Crippen molar-refractivity contribution in [1.82, 2.24) is 4.72 Å². The van der Waals surface area contributed by atoms with Crippen LogP contribution in [0.2, 0.25) is 0 Å². The minimum atomic E-state index is -3.67. The fourth-order valence-electron chi connectivity index (χ4n) is 2.93. The molecule has 1 aromatic carbocycles. The van der Waals surface area contributed by atoms with Crippen LogP contribution < -0.4 is 4.72 Å². The Hall–Kier alpha value is -1.38. The monoisotopic (exact) mass is 306 g/mol. The highest BCUT2D eigenvalue weighted by Gasteiger charge is 2.39. The maximum atomic E-state index is 12.5. The van der Waals surface area contributed by atoms with Gasteiger partial charge >= 0.3 is 0 Å². The van der Waals surface area contributed by atoms with Gasteiger partial charge in [-0.2, -0.15) is 9.98 Å².